The molecular weight excluding hydrogens is 567 g/mol. The molecular formula is C46H33N. The van der Waals surface area contributed by atoms with Crippen molar-refractivity contribution in [2.45, 2.75) is 0 Å². The average Bonchev–Trinajstić information content (AvgIpc) is 3.16. The summed E-state index contributed by atoms with van der Waals surface area (Å²) in [6.45, 7) is 0. The molecule has 0 unspecified atom stereocenters. The highest BCUT2D eigenvalue weighted by Crippen LogP contribution is 2.42. The first-order valence-electron chi connectivity index (χ1n) is 16.1. The maximum atomic E-state index is 2.36. The Balaban J connectivity index is 1.19. The van der Waals surface area contributed by atoms with Crippen LogP contribution in [-0.4, -0.2) is 0 Å². The second-order valence-corrected chi connectivity index (χ2v) is 11.8. The third-order valence-electron chi connectivity index (χ3n) is 8.86. The lowest BCUT2D eigenvalue weighted by atomic mass is 9.95. The number of hydrogen-bond donors (Lipinski definition) is 0. The molecule has 1 nitrogen and oxygen atoms in total. The van der Waals surface area contributed by atoms with Gasteiger partial charge in [0.1, 0.15) is 0 Å². The van der Waals surface area contributed by atoms with Gasteiger partial charge in [-0.2, -0.15) is 0 Å². The highest BCUT2D eigenvalue weighted by molar-refractivity contribution is 5.97. The number of para-hydroxylation sites is 2. The normalized spacial score (nSPS) is 11.0. The van der Waals surface area contributed by atoms with Gasteiger partial charge in [0, 0.05) is 16.9 Å². The highest BCUT2D eigenvalue weighted by Gasteiger charge is 2.17. The molecule has 47 heavy (non-hydrogen) atoms. The monoisotopic (exact) mass is 599 g/mol. The molecule has 8 aromatic rings. The maximum Gasteiger partial charge on any atom is 0.0540 e. The van der Waals surface area contributed by atoms with Crippen LogP contribution < -0.4 is 4.90 Å². The zero-order chi connectivity index (χ0) is 31.4. The standard InChI is InChI=1S/C46H33N/c1-3-14-34(15-4-1)37-18-12-21-40(33-37)45-25-9-10-27-46(45)47(41-22-5-2-6-23-41)42-30-28-35(29-31-42)38-19-11-20-39(32-38)44-26-13-17-36-16-7-8-24-43(36)44/h1-33H. The van der Waals surface area contributed by atoms with Crippen molar-refractivity contribution >= 4 is 27.8 Å². The summed E-state index contributed by atoms with van der Waals surface area (Å²) in [5.41, 5.74) is 13.0. The van der Waals surface area contributed by atoms with Crippen molar-refractivity contribution < 1.29 is 0 Å². The fourth-order valence-electron chi connectivity index (χ4n) is 6.56. The van der Waals surface area contributed by atoms with Gasteiger partial charge in [-0.05, 0) is 92.2 Å². The van der Waals surface area contributed by atoms with Gasteiger partial charge in [0.2, 0.25) is 0 Å². The summed E-state index contributed by atoms with van der Waals surface area (Å²) in [7, 11) is 0. The summed E-state index contributed by atoms with van der Waals surface area (Å²) in [4.78, 5) is 2.36. The van der Waals surface area contributed by atoms with E-state index in [4.69, 9.17) is 0 Å². The number of benzene rings is 8. The minimum Gasteiger partial charge on any atom is -0.310 e. The Bertz CT molecular complexity index is 2280. The van der Waals surface area contributed by atoms with E-state index in [0.717, 1.165) is 17.1 Å². The molecule has 0 aliphatic heterocycles. The van der Waals surface area contributed by atoms with E-state index >= 15 is 0 Å². The Labute approximate surface area is 276 Å². The Morgan fingerprint density at radius 2 is 0.745 bits per heavy atom. The van der Waals surface area contributed by atoms with Crippen LogP contribution in [0.2, 0.25) is 0 Å². The van der Waals surface area contributed by atoms with Crippen molar-refractivity contribution in [2.24, 2.45) is 0 Å². The molecule has 0 bridgehead atoms. The summed E-state index contributed by atoms with van der Waals surface area (Å²) in [6, 6.07) is 71.8. The van der Waals surface area contributed by atoms with Gasteiger partial charge in [0.15, 0.2) is 0 Å². The molecule has 0 aliphatic rings. The predicted octanol–water partition coefficient (Wildman–Crippen LogP) is 13.0. The largest absolute Gasteiger partial charge is 0.310 e. The summed E-state index contributed by atoms with van der Waals surface area (Å²) in [5.74, 6) is 0. The Morgan fingerprint density at radius 3 is 1.49 bits per heavy atom. The number of hydrogen-bond acceptors (Lipinski definition) is 1. The van der Waals surface area contributed by atoms with E-state index in [2.05, 4.69) is 205 Å². The first-order chi connectivity index (χ1) is 23.3. The van der Waals surface area contributed by atoms with E-state index in [1.807, 2.05) is 0 Å². The van der Waals surface area contributed by atoms with Crippen LogP contribution >= 0.6 is 0 Å². The summed E-state index contributed by atoms with van der Waals surface area (Å²) >= 11 is 0. The van der Waals surface area contributed by atoms with Gasteiger partial charge >= 0.3 is 0 Å². The van der Waals surface area contributed by atoms with Gasteiger partial charge in [-0.3, -0.25) is 0 Å². The first-order valence-corrected chi connectivity index (χ1v) is 16.1. The minimum atomic E-state index is 1.11. The molecule has 0 fully saturated rings. The molecule has 0 radical (unpaired) electrons. The van der Waals surface area contributed by atoms with E-state index < -0.39 is 0 Å². The number of fused-ring (bicyclic) bond motifs is 1. The van der Waals surface area contributed by atoms with Crippen molar-refractivity contribution in [3.05, 3.63) is 200 Å². The summed E-state index contributed by atoms with van der Waals surface area (Å²) in [5, 5.41) is 2.53. The molecule has 0 saturated heterocycles. The van der Waals surface area contributed by atoms with Crippen molar-refractivity contribution in [3.63, 3.8) is 0 Å². The van der Waals surface area contributed by atoms with Crippen LogP contribution in [0.25, 0.3) is 55.3 Å². The lowest BCUT2D eigenvalue weighted by molar-refractivity contribution is 1.28. The smallest absolute Gasteiger partial charge is 0.0540 e. The average molecular weight is 600 g/mol. The second-order valence-electron chi connectivity index (χ2n) is 11.8. The second kappa shape index (κ2) is 12.7. The van der Waals surface area contributed by atoms with Gasteiger partial charge in [-0.1, -0.05) is 158 Å². The fourth-order valence-corrected chi connectivity index (χ4v) is 6.56. The molecule has 0 aromatic heterocycles. The summed E-state index contributed by atoms with van der Waals surface area (Å²) < 4.78 is 0. The van der Waals surface area contributed by atoms with E-state index in [1.54, 1.807) is 0 Å². The molecule has 1 heteroatoms. The molecule has 0 atom stereocenters. The molecule has 0 amide bonds. The summed E-state index contributed by atoms with van der Waals surface area (Å²) in [6.07, 6.45) is 0. The SMILES string of the molecule is c1ccc(-c2cccc(-c3ccccc3N(c3ccccc3)c3ccc(-c4cccc(-c5cccc6ccccc56)c4)cc3)c2)cc1. The number of anilines is 3. The molecule has 0 heterocycles. The number of nitrogens with zero attached hydrogens (tertiary/aromatic N) is 1. The van der Waals surface area contributed by atoms with E-state index in [0.29, 0.717) is 0 Å². The molecule has 0 aliphatic carbocycles. The third-order valence-corrected chi connectivity index (χ3v) is 8.86. The molecule has 0 N–H and O–H groups in total. The Kier molecular flexibility index (Phi) is 7.63. The number of rotatable bonds is 7. The lowest BCUT2D eigenvalue weighted by Gasteiger charge is -2.28. The lowest BCUT2D eigenvalue weighted by Crippen LogP contribution is -2.11. The predicted molar refractivity (Wildman–Crippen MR) is 200 cm³/mol. The van der Waals surface area contributed by atoms with Gasteiger partial charge in [-0.15, -0.1) is 0 Å². The van der Waals surface area contributed by atoms with Crippen LogP contribution in [0.4, 0.5) is 17.1 Å². The maximum absolute atomic E-state index is 2.36. The molecule has 0 spiro atoms. The van der Waals surface area contributed by atoms with Crippen molar-refractivity contribution in [1.29, 1.82) is 0 Å². The Hall–Kier alpha value is -6.18. The first kappa shape index (κ1) is 28.3. The van der Waals surface area contributed by atoms with Crippen LogP contribution in [0.5, 0.6) is 0 Å². The van der Waals surface area contributed by atoms with Gasteiger partial charge in [0.25, 0.3) is 0 Å². The highest BCUT2D eigenvalue weighted by atomic mass is 15.1. The van der Waals surface area contributed by atoms with Crippen LogP contribution in [0.1, 0.15) is 0 Å². The van der Waals surface area contributed by atoms with Gasteiger partial charge in [0.05, 0.1) is 5.69 Å². The van der Waals surface area contributed by atoms with Crippen LogP contribution in [0.15, 0.2) is 200 Å². The van der Waals surface area contributed by atoms with Gasteiger partial charge in [-0.25, -0.2) is 0 Å². The van der Waals surface area contributed by atoms with E-state index in [1.165, 1.54) is 55.3 Å². The third kappa shape index (κ3) is 5.72. The molecule has 0 saturated carbocycles. The van der Waals surface area contributed by atoms with E-state index in [-0.39, 0.29) is 0 Å². The molecule has 8 aromatic carbocycles. The van der Waals surface area contributed by atoms with Gasteiger partial charge < -0.3 is 4.90 Å². The zero-order valence-electron chi connectivity index (χ0n) is 26.0. The molecule has 8 rings (SSSR count). The van der Waals surface area contributed by atoms with Crippen molar-refractivity contribution in [1.82, 2.24) is 0 Å². The van der Waals surface area contributed by atoms with Crippen LogP contribution in [-0.2, 0) is 0 Å². The Morgan fingerprint density at radius 1 is 0.277 bits per heavy atom. The van der Waals surface area contributed by atoms with Crippen LogP contribution in [0.3, 0.4) is 0 Å². The zero-order valence-corrected chi connectivity index (χ0v) is 26.0. The fraction of sp³-hybridized carbons (Fsp3) is 0. The topological polar surface area (TPSA) is 3.24 Å². The quantitative estimate of drug-likeness (QED) is 0.176. The van der Waals surface area contributed by atoms with Crippen molar-refractivity contribution in [2.75, 3.05) is 4.90 Å². The van der Waals surface area contributed by atoms with Crippen molar-refractivity contribution in [3.8, 4) is 44.5 Å². The minimum absolute atomic E-state index is 1.11. The molecule has 222 valence electrons. The van der Waals surface area contributed by atoms with E-state index in [9.17, 15) is 0 Å². The van der Waals surface area contributed by atoms with Crippen LogP contribution in [0, 0.1) is 0 Å².